The van der Waals surface area contributed by atoms with E-state index in [1.165, 1.54) is 12.3 Å². The summed E-state index contributed by atoms with van der Waals surface area (Å²) in [6, 6.07) is 7.07. The number of benzene rings is 1. The summed E-state index contributed by atoms with van der Waals surface area (Å²) in [7, 11) is 1.76. The maximum atomic E-state index is 13.9. The summed E-state index contributed by atoms with van der Waals surface area (Å²) in [5, 5.41) is 10.7. The van der Waals surface area contributed by atoms with Gasteiger partial charge in [-0.3, -0.25) is 9.59 Å². The first-order valence-electron chi connectivity index (χ1n) is 10.6. The molecule has 0 aliphatic heterocycles. The van der Waals surface area contributed by atoms with Crippen LogP contribution in [-0.2, 0) is 0 Å². The average Bonchev–Trinajstić information content (AvgIpc) is 3.59. The number of rotatable bonds is 5. The van der Waals surface area contributed by atoms with Gasteiger partial charge in [0.05, 0.1) is 11.8 Å². The van der Waals surface area contributed by atoms with E-state index >= 15 is 0 Å². The highest BCUT2D eigenvalue weighted by molar-refractivity contribution is 6.05. The molecule has 30 heavy (non-hydrogen) atoms. The molecule has 2 amide bonds. The first-order valence-corrected chi connectivity index (χ1v) is 10.6. The minimum absolute atomic E-state index is 0.0592. The molecule has 2 saturated carbocycles. The second-order valence-corrected chi connectivity index (χ2v) is 8.42. The monoisotopic (exact) mass is 410 g/mol. The van der Waals surface area contributed by atoms with Gasteiger partial charge in [-0.15, -0.1) is 5.10 Å². The highest BCUT2D eigenvalue weighted by atomic mass is 19.1. The van der Waals surface area contributed by atoms with Crippen LogP contribution in [0.3, 0.4) is 0 Å². The lowest BCUT2D eigenvalue weighted by Gasteiger charge is -2.35. The summed E-state index contributed by atoms with van der Waals surface area (Å²) in [6.07, 6.45) is 6.82. The molecule has 2 aliphatic carbocycles. The van der Waals surface area contributed by atoms with Crippen LogP contribution in [0.4, 0.5) is 4.39 Å². The number of carbonyl (C=O) groups excluding carboxylic acids is 2. The topological polar surface area (TPSA) is 75.2 Å². The van der Waals surface area contributed by atoms with E-state index in [0.717, 1.165) is 49.7 Å². The summed E-state index contributed by atoms with van der Waals surface area (Å²) in [4.78, 5) is 27.3. The standard InChI is InChI=1S/C23H27FN4O2/c1-14-18(4-3-5-20(14)24)15-6-10-17(11-7-15)28(2)23(30)21-19(12-13-25-27-21)22(29)26-16-8-9-16/h3-5,12-13,15-17H,6-11H2,1-2H3,(H,26,29). The fraction of sp³-hybridized carbons (Fsp3) is 0.478. The molecule has 158 valence electrons. The second kappa shape index (κ2) is 8.50. The van der Waals surface area contributed by atoms with Gasteiger partial charge in [0, 0.05) is 19.1 Å². The molecule has 1 N–H and O–H groups in total. The van der Waals surface area contributed by atoms with Crippen molar-refractivity contribution < 1.29 is 14.0 Å². The first kappa shape index (κ1) is 20.4. The molecule has 0 unspecified atom stereocenters. The molecule has 0 atom stereocenters. The van der Waals surface area contributed by atoms with Crippen LogP contribution in [0.1, 0.15) is 76.4 Å². The van der Waals surface area contributed by atoms with Gasteiger partial charge < -0.3 is 10.2 Å². The van der Waals surface area contributed by atoms with Crippen molar-refractivity contribution in [1.82, 2.24) is 20.4 Å². The van der Waals surface area contributed by atoms with E-state index in [4.69, 9.17) is 0 Å². The van der Waals surface area contributed by atoms with Gasteiger partial charge in [-0.1, -0.05) is 12.1 Å². The van der Waals surface area contributed by atoms with E-state index in [-0.39, 0.29) is 41.0 Å². The average molecular weight is 410 g/mol. The Labute approximate surface area is 175 Å². The van der Waals surface area contributed by atoms with Gasteiger partial charge in [-0.05, 0) is 74.6 Å². The quantitative estimate of drug-likeness (QED) is 0.817. The van der Waals surface area contributed by atoms with Crippen LogP contribution in [0.5, 0.6) is 0 Å². The number of nitrogens with one attached hydrogen (secondary N) is 1. The Morgan fingerprint density at radius 1 is 1.10 bits per heavy atom. The highest BCUT2D eigenvalue weighted by Gasteiger charge is 2.32. The van der Waals surface area contributed by atoms with Gasteiger partial charge >= 0.3 is 0 Å². The summed E-state index contributed by atoms with van der Waals surface area (Å²) >= 11 is 0. The molecule has 1 aromatic carbocycles. The molecule has 0 bridgehead atoms. The van der Waals surface area contributed by atoms with Crippen molar-refractivity contribution in [1.29, 1.82) is 0 Å². The highest BCUT2D eigenvalue weighted by Crippen LogP contribution is 2.36. The summed E-state index contributed by atoms with van der Waals surface area (Å²) in [5.41, 5.74) is 2.16. The molecule has 0 saturated heterocycles. The number of hydrogen-bond donors (Lipinski definition) is 1. The fourth-order valence-corrected chi connectivity index (χ4v) is 4.34. The van der Waals surface area contributed by atoms with Crippen LogP contribution in [-0.4, -0.2) is 46.0 Å². The van der Waals surface area contributed by atoms with Crippen molar-refractivity contribution in [2.75, 3.05) is 7.05 Å². The van der Waals surface area contributed by atoms with Gasteiger partial charge in [0.25, 0.3) is 11.8 Å². The maximum Gasteiger partial charge on any atom is 0.275 e. The van der Waals surface area contributed by atoms with E-state index < -0.39 is 0 Å². The van der Waals surface area contributed by atoms with E-state index in [1.54, 1.807) is 24.1 Å². The Morgan fingerprint density at radius 2 is 1.83 bits per heavy atom. The number of nitrogens with zero attached hydrogens (tertiary/aromatic N) is 3. The number of carbonyl (C=O) groups is 2. The number of hydrogen-bond acceptors (Lipinski definition) is 4. The van der Waals surface area contributed by atoms with Crippen LogP contribution in [0.25, 0.3) is 0 Å². The van der Waals surface area contributed by atoms with Crippen molar-refractivity contribution in [3.05, 3.63) is 58.7 Å². The first-order chi connectivity index (χ1) is 14.5. The molecule has 1 aromatic heterocycles. The second-order valence-electron chi connectivity index (χ2n) is 8.42. The molecular formula is C23H27FN4O2. The molecule has 4 rings (SSSR count). The molecule has 2 fully saturated rings. The molecule has 0 spiro atoms. The van der Waals surface area contributed by atoms with E-state index in [0.29, 0.717) is 5.92 Å². The van der Waals surface area contributed by atoms with Gasteiger partial charge in [0.1, 0.15) is 5.82 Å². The molecule has 7 heteroatoms. The van der Waals surface area contributed by atoms with Crippen LogP contribution >= 0.6 is 0 Å². The lowest BCUT2D eigenvalue weighted by molar-refractivity contribution is 0.0676. The molecule has 2 aromatic rings. The molecule has 6 nitrogen and oxygen atoms in total. The Kier molecular flexibility index (Phi) is 5.79. The number of halogens is 1. The molecule has 2 aliphatic rings. The number of aromatic nitrogens is 2. The van der Waals surface area contributed by atoms with Crippen LogP contribution in [0, 0.1) is 12.7 Å². The van der Waals surface area contributed by atoms with Crippen molar-refractivity contribution in [3.63, 3.8) is 0 Å². The van der Waals surface area contributed by atoms with Crippen LogP contribution < -0.4 is 5.32 Å². The third kappa shape index (κ3) is 4.20. The zero-order chi connectivity index (χ0) is 21.3. The van der Waals surface area contributed by atoms with Crippen molar-refractivity contribution >= 4 is 11.8 Å². The fourth-order valence-electron chi connectivity index (χ4n) is 4.34. The van der Waals surface area contributed by atoms with Gasteiger partial charge in [0.15, 0.2) is 5.69 Å². The molecule has 0 radical (unpaired) electrons. The largest absolute Gasteiger partial charge is 0.349 e. The summed E-state index contributed by atoms with van der Waals surface area (Å²) < 4.78 is 13.9. The third-order valence-corrected chi connectivity index (χ3v) is 6.39. The molecular weight excluding hydrogens is 383 g/mol. The van der Waals surface area contributed by atoms with Crippen molar-refractivity contribution in [2.24, 2.45) is 0 Å². The zero-order valence-electron chi connectivity index (χ0n) is 17.4. The predicted molar refractivity (Wildman–Crippen MR) is 111 cm³/mol. The van der Waals surface area contributed by atoms with Crippen LogP contribution in [0.2, 0.25) is 0 Å². The Hall–Kier alpha value is -2.83. The normalized spacial score (nSPS) is 21.2. The number of amides is 2. The SMILES string of the molecule is Cc1c(F)cccc1C1CCC(N(C)C(=O)c2nnccc2C(=O)NC2CC2)CC1. The predicted octanol–water partition coefficient (Wildman–Crippen LogP) is 3.61. The van der Waals surface area contributed by atoms with Crippen molar-refractivity contribution in [2.45, 2.75) is 63.5 Å². The van der Waals surface area contributed by atoms with E-state index in [2.05, 4.69) is 15.5 Å². The Balaban J connectivity index is 1.43. The lowest BCUT2D eigenvalue weighted by atomic mass is 9.79. The summed E-state index contributed by atoms with van der Waals surface area (Å²) in [6.45, 7) is 1.83. The van der Waals surface area contributed by atoms with Gasteiger partial charge in [-0.2, -0.15) is 5.10 Å². The molecule has 1 heterocycles. The van der Waals surface area contributed by atoms with Crippen LogP contribution in [0.15, 0.2) is 30.5 Å². The maximum absolute atomic E-state index is 13.9. The smallest absolute Gasteiger partial charge is 0.275 e. The summed E-state index contributed by atoms with van der Waals surface area (Å²) in [5.74, 6) is -0.415. The Morgan fingerprint density at radius 3 is 2.53 bits per heavy atom. The van der Waals surface area contributed by atoms with Crippen molar-refractivity contribution in [3.8, 4) is 0 Å². The van der Waals surface area contributed by atoms with Gasteiger partial charge in [-0.25, -0.2) is 4.39 Å². The Bertz CT molecular complexity index is 952. The lowest BCUT2D eigenvalue weighted by Crippen LogP contribution is -2.41. The van der Waals surface area contributed by atoms with Gasteiger partial charge in [0.2, 0.25) is 0 Å². The van der Waals surface area contributed by atoms with E-state index in [1.807, 2.05) is 13.0 Å². The van der Waals surface area contributed by atoms with E-state index in [9.17, 15) is 14.0 Å². The third-order valence-electron chi connectivity index (χ3n) is 6.39. The minimum atomic E-state index is -0.283. The zero-order valence-corrected chi connectivity index (χ0v) is 17.4. The minimum Gasteiger partial charge on any atom is -0.349 e.